The van der Waals surface area contributed by atoms with Gasteiger partial charge in [0.05, 0.1) is 18.0 Å². The average molecular weight is 477 g/mol. The van der Waals surface area contributed by atoms with Crippen LogP contribution in [0.2, 0.25) is 0 Å². The van der Waals surface area contributed by atoms with Gasteiger partial charge in [-0.15, -0.1) is 24.0 Å². The van der Waals surface area contributed by atoms with Crippen molar-refractivity contribution in [1.82, 2.24) is 15.5 Å². The Balaban J connectivity index is 0.00000625. The molecular formula is C17H28IN5O3. The zero-order valence-corrected chi connectivity index (χ0v) is 18.2. The molecule has 8 nitrogen and oxygen atoms in total. The first-order chi connectivity index (χ1) is 11.7. The number of hydrogen-bond donors (Lipinski definition) is 2. The van der Waals surface area contributed by atoms with Crippen molar-refractivity contribution in [3.63, 3.8) is 0 Å². The van der Waals surface area contributed by atoms with E-state index >= 15 is 0 Å². The Morgan fingerprint density at radius 1 is 1.23 bits per heavy atom. The van der Waals surface area contributed by atoms with Gasteiger partial charge in [0.15, 0.2) is 5.96 Å². The van der Waals surface area contributed by atoms with Crippen molar-refractivity contribution in [2.24, 2.45) is 10.9 Å². The van der Waals surface area contributed by atoms with Crippen molar-refractivity contribution in [3.8, 4) is 0 Å². The van der Waals surface area contributed by atoms with Gasteiger partial charge < -0.3 is 15.5 Å². The molecule has 0 fully saturated rings. The number of nitrogens with one attached hydrogen (secondary N) is 2. The predicted molar refractivity (Wildman–Crippen MR) is 114 cm³/mol. The highest BCUT2D eigenvalue weighted by molar-refractivity contribution is 14.0. The minimum atomic E-state index is -0.432. The van der Waals surface area contributed by atoms with Crippen LogP contribution >= 0.6 is 24.0 Å². The highest BCUT2D eigenvalue weighted by Gasteiger charge is 2.11. The van der Waals surface area contributed by atoms with E-state index in [4.69, 9.17) is 0 Å². The molecule has 9 heteroatoms. The van der Waals surface area contributed by atoms with Gasteiger partial charge in [-0.1, -0.05) is 26.0 Å². The number of guanidine groups is 1. The molecule has 0 radical (unpaired) electrons. The molecule has 0 aromatic heterocycles. The van der Waals surface area contributed by atoms with Gasteiger partial charge in [-0.2, -0.15) is 0 Å². The van der Waals surface area contributed by atoms with Crippen LogP contribution in [0.3, 0.4) is 0 Å². The topological polar surface area (TPSA) is 99.9 Å². The van der Waals surface area contributed by atoms with E-state index in [0.717, 1.165) is 5.56 Å². The summed E-state index contributed by atoms with van der Waals surface area (Å²) in [6.07, 6.45) is 0. The van der Waals surface area contributed by atoms with Crippen LogP contribution in [-0.2, 0) is 11.3 Å². The molecule has 0 aliphatic carbocycles. The lowest BCUT2D eigenvalue weighted by Gasteiger charge is -2.21. The second-order valence-electron chi connectivity index (χ2n) is 6.41. The van der Waals surface area contributed by atoms with Crippen molar-refractivity contribution < 1.29 is 9.72 Å². The first-order valence-electron chi connectivity index (χ1n) is 8.19. The van der Waals surface area contributed by atoms with Crippen LogP contribution in [0.15, 0.2) is 29.3 Å². The summed E-state index contributed by atoms with van der Waals surface area (Å²) in [5.74, 6) is 0.882. The van der Waals surface area contributed by atoms with E-state index in [-0.39, 0.29) is 48.2 Å². The standard InChI is InChI=1S/C17H27N5O3.HI/c1-12(2)13(3)20-17(19-11-16(23)21(4)5)18-10-14-6-8-15(9-7-14)22(24)25;/h6-9,12-13H,10-11H2,1-5H3,(H2,18,19,20);1H. The lowest BCUT2D eigenvalue weighted by molar-refractivity contribution is -0.384. The van der Waals surface area contributed by atoms with Gasteiger partial charge in [-0.3, -0.25) is 14.9 Å². The van der Waals surface area contributed by atoms with E-state index in [2.05, 4.69) is 29.5 Å². The van der Waals surface area contributed by atoms with Gasteiger partial charge in [0.1, 0.15) is 0 Å². The van der Waals surface area contributed by atoms with E-state index in [1.54, 1.807) is 26.2 Å². The number of likely N-dealkylation sites (N-methyl/N-ethyl adjacent to an activating group) is 1. The number of carbonyl (C=O) groups excluding carboxylic acids is 1. The molecule has 26 heavy (non-hydrogen) atoms. The van der Waals surface area contributed by atoms with E-state index in [1.165, 1.54) is 17.0 Å². The summed E-state index contributed by atoms with van der Waals surface area (Å²) in [5.41, 5.74) is 0.900. The fourth-order valence-corrected chi connectivity index (χ4v) is 1.75. The first kappa shape index (κ1) is 24.1. The largest absolute Gasteiger partial charge is 0.354 e. The Labute approximate surface area is 171 Å². The third-order valence-electron chi connectivity index (χ3n) is 3.84. The molecule has 0 aliphatic rings. The maximum atomic E-state index is 11.8. The van der Waals surface area contributed by atoms with Gasteiger partial charge in [0.2, 0.25) is 5.91 Å². The molecule has 0 spiro atoms. The number of nitro benzene ring substituents is 1. The van der Waals surface area contributed by atoms with Crippen molar-refractivity contribution in [3.05, 3.63) is 39.9 Å². The number of nitro groups is 1. The Morgan fingerprint density at radius 2 is 1.81 bits per heavy atom. The number of hydrogen-bond acceptors (Lipinski definition) is 4. The number of rotatable bonds is 7. The normalized spacial score (nSPS) is 12.2. The van der Waals surface area contributed by atoms with Crippen LogP contribution in [0.25, 0.3) is 0 Å². The van der Waals surface area contributed by atoms with Crippen molar-refractivity contribution >= 4 is 41.5 Å². The highest BCUT2D eigenvalue weighted by atomic mass is 127. The highest BCUT2D eigenvalue weighted by Crippen LogP contribution is 2.12. The Bertz CT molecular complexity index is 617. The fourth-order valence-electron chi connectivity index (χ4n) is 1.75. The molecule has 1 amide bonds. The molecule has 1 rings (SSSR count). The second-order valence-corrected chi connectivity index (χ2v) is 6.41. The summed E-state index contributed by atoms with van der Waals surface area (Å²) in [4.78, 5) is 28.0. The Morgan fingerprint density at radius 3 is 2.27 bits per heavy atom. The van der Waals surface area contributed by atoms with E-state index in [1.807, 2.05) is 6.92 Å². The third kappa shape index (κ3) is 8.45. The molecule has 1 atom stereocenters. The monoisotopic (exact) mass is 477 g/mol. The predicted octanol–water partition coefficient (Wildman–Crippen LogP) is 2.38. The SMILES string of the molecule is CC(C)C(C)NC(=NCc1ccc([N+](=O)[O-])cc1)NCC(=O)N(C)C.I. The minimum absolute atomic E-state index is 0. The smallest absolute Gasteiger partial charge is 0.269 e. The van der Waals surface area contributed by atoms with Gasteiger partial charge >= 0.3 is 0 Å². The lowest BCUT2D eigenvalue weighted by atomic mass is 10.1. The summed E-state index contributed by atoms with van der Waals surface area (Å²) in [7, 11) is 3.39. The maximum Gasteiger partial charge on any atom is 0.269 e. The van der Waals surface area contributed by atoms with Crippen LogP contribution < -0.4 is 10.6 Å². The second kappa shape index (κ2) is 11.7. The van der Waals surface area contributed by atoms with E-state index in [9.17, 15) is 14.9 Å². The van der Waals surface area contributed by atoms with Crippen LogP contribution in [-0.4, -0.2) is 48.4 Å². The zero-order chi connectivity index (χ0) is 19.0. The summed E-state index contributed by atoms with van der Waals surface area (Å²) < 4.78 is 0. The number of non-ortho nitro benzene ring substituents is 1. The van der Waals surface area contributed by atoms with Crippen LogP contribution in [0.4, 0.5) is 5.69 Å². The average Bonchev–Trinajstić information content (AvgIpc) is 2.56. The minimum Gasteiger partial charge on any atom is -0.354 e. The van der Waals surface area contributed by atoms with Crippen LogP contribution in [0.5, 0.6) is 0 Å². The number of halogens is 1. The molecule has 2 N–H and O–H groups in total. The van der Waals surface area contributed by atoms with Gasteiger partial charge in [0.25, 0.3) is 5.69 Å². The molecule has 0 bridgehead atoms. The van der Waals surface area contributed by atoms with E-state index in [0.29, 0.717) is 18.4 Å². The van der Waals surface area contributed by atoms with Crippen molar-refractivity contribution in [1.29, 1.82) is 0 Å². The molecule has 0 aliphatic heterocycles. The van der Waals surface area contributed by atoms with Crippen LogP contribution in [0, 0.1) is 16.0 Å². The number of nitrogens with zero attached hydrogens (tertiary/aromatic N) is 3. The Hall–Kier alpha value is -1.91. The van der Waals surface area contributed by atoms with Crippen LogP contribution in [0.1, 0.15) is 26.3 Å². The molecule has 0 heterocycles. The molecule has 0 saturated heterocycles. The molecule has 1 aromatic rings. The maximum absolute atomic E-state index is 11.8. The summed E-state index contributed by atoms with van der Waals surface area (Å²) in [6, 6.07) is 6.44. The van der Waals surface area contributed by atoms with Gasteiger partial charge in [-0.25, -0.2) is 4.99 Å². The molecule has 1 unspecified atom stereocenters. The van der Waals surface area contributed by atoms with Crippen molar-refractivity contribution in [2.45, 2.75) is 33.4 Å². The molecule has 146 valence electrons. The number of benzene rings is 1. The van der Waals surface area contributed by atoms with Gasteiger partial charge in [0, 0.05) is 32.3 Å². The Kier molecular flexibility index (Phi) is 10.8. The number of aliphatic imine (C=N–C) groups is 1. The summed E-state index contributed by atoms with van der Waals surface area (Å²) >= 11 is 0. The molecule has 1 aromatic carbocycles. The number of amides is 1. The summed E-state index contributed by atoms with van der Waals surface area (Å²) in [5, 5.41) is 17.0. The lowest BCUT2D eigenvalue weighted by Crippen LogP contribution is -2.47. The summed E-state index contributed by atoms with van der Waals surface area (Å²) in [6.45, 7) is 6.73. The molecular weight excluding hydrogens is 449 g/mol. The van der Waals surface area contributed by atoms with Gasteiger partial charge in [-0.05, 0) is 18.4 Å². The van der Waals surface area contributed by atoms with E-state index < -0.39 is 4.92 Å². The zero-order valence-electron chi connectivity index (χ0n) is 15.9. The fraction of sp³-hybridized carbons (Fsp3) is 0.529. The molecule has 0 saturated carbocycles. The third-order valence-corrected chi connectivity index (χ3v) is 3.84. The van der Waals surface area contributed by atoms with Crippen molar-refractivity contribution in [2.75, 3.05) is 20.6 Å². The first-order valence-corrected chi connectivity index (χ1v) is 8.19. The number of carbonyl (C=O) groups is 1. The quantitative estimate of drug-likeness (QED) is 0.207.